The molecule has 2 heterocycles. The van der Waals surface area contributed by atoms with E-state index in [2.05, 4.69) is 19.7 Å². The number of amides is 2. The monoisotopic (exact) mass is 519 g/mol. The van der Waals surface area contributed by atoms with Gasteiger partial charge in [-0.2, -0.15) is 0 Å². The SMILES string of the molecule is C[C@@](C(=O)NC1CCC(F)(F)CC1)(c1cnccn1)N(C(=O)CCl)c1ccc(-c2ccns2)cc1. The Hall–Kier alpha value is -2.98. The first-order valence-electron chi connectivity index (χ1n) is 11.1. The molecule has 0 spiro atoms. The van der Waals surface area contributed by atoms with Crippen molar-refractivity contribution in [3.63, 3.8) is 0 Å². The summed E-state index contributed by atoms with van der Waals surface area (Å²) >= 11 is 7.32. The Kier molecular flexibility index (Phi) is 7.42. The van der Waals surface area contributed by atoms with Crippen molar-refractivity contribution in [3.05, 3.63) is 60.8 Å². The molecule has 3 aromatic rings. The number of hydrogen-bond donors (Lipinski definition) is 1. The van der Waals surface area contributed by atoms with Crippen LogP contribution < -0.4 is 10.2 Å². The Labute approximate surface area is 210 Å². The third-order valence-electron chi connectivity index (χ3n) is 6.22. The number of carbonyl (C=O) groups is 2. The Morgan fingerprint density at radius 3 is 2.46 bits per heavy atom. The van der Waals surface area contributed by atoms with Crippen molar-refractivity contribution in [1.82, 2.24) is 19.7 Å². The average Bonchev–Trinajstić information content (AvgIpc) is 3.41. The number of anilines is 1. The van der Waals surface area contributed by atoms with Crippen LogP contribution in [0.2, 0.25) is 0 Å². The minimum atomic E-state index is -2.73. The summed E-state index contributed by atoms with van der Waals surface area (Å²) in [5.41, 5.74) is -0.0685. The van der Waals surface area contributed by atoms with E-state index in [-0.39, 0.29) is 37.3 Å². The van der Waals surface area contributed by atoms with Crippen LogP contribution in [0.1, 0.15) is 38.3 Å². The quantitative estimate of drug-likeness (QED) is 0.454. The van der Waals surface area contributed by atoms with Crippen molar-refractivity contribution in [2.24, 2.45) is 0 Å². The first kappa shape index (κ1) is 25.1. The third-order valence-corrected chi connectivity index (χ3v) is 7.24. The Bertz CT molecular complexity index is 1150. The van der Waals surface area contributed by atoms with Gasteiger partial charge in [0.15, 0.2) is 5.54 Å². The smallest absolute Gasteiger partial charge is 0.252 e. The van der Waals surface area contributed by atoms with E-state index in [0.29, 0.717) is 5.69 Å². The zero-order valence-corrected chi connectivity index (χ0v) is 20.5. The van der Waals surface area contributed by atoms with Crippen LogP contribution in [0.15, 0.2) is 55.1 Å². The summed E-state index contributed by atoms with van der Waals surface area (Å²) < 4.78 is 31.4. The first-order valence-corrected chi connectivity index (χ1v) is 12.4. The van der Waals surface area contributed by atoms with E-state index in [9.17, 15) is 18.4 Å². The van der Waals surface area contributed by atoms with Gasteiger partial charge in [0.25, 0.3) is 5.91 Å². The number of alkyl halides is 3. The van der Waals surface area contributed by atoms with Crippen LogP contribution in [0, 0.1) is 0 Å². The van der Waals surface area contributed by atoms with Crippen molar-refractivity contribution in [2.45, 2.75) is 50.1 Å². The molecule has 1 aliphatic rings. The van der Waals surface area contributed by atoms with Crippen LogP contribution in [-0.4, -0.2) is 44.0 Å². The molecule has 0 unspecified atom stereocenters. The van der Waals surface area contributed by atoms with E-state index in [1.54, 1.807) is 25.3 Å². The van der Waals surface area contributed by atoms with Crippen LogP contribution >= 0.6 is 23.1 Å². The maximum atomic E-state index is 13.8. The summed E-state index contributed by atoms with van der Waals surface area (Å²) in [4.78, 5) is 37.6. The normalized spacial score (nSPS) is 17.4. The van der Waals surface area contributed by atoms with Gasteiger partial charge in [0.1, 0.15) is 5.88 Å². The maximum absolute atomic E-state index is 13.8. The molecule has 0 bridgehead atoms. The summed E-state index contributed by atoms with van der Waals surface area (Å²) in [6.07, 6.45) is 5.68. The molecule has 2 aromatic heterocycles. The molecular formula is C24H24ClF2N5O2S. The van der Waals surface area contributed by atoms with Crippen LogP contribution in [0.25, 0.3) is 10.4 Å². The Morgan fingerprint density at radius 2 is 1.89 bits per heavy atom. The van der Waals surface area contributed by atoms with E-state index in [1.807, 2.05) is 18.2 Å². The van der Waals surface area contributed by atoms with Crippen molar-refractivity contribution in [2.75, 3.05) is 10.8 Å². The van der Waals surface area contributed by atoms with Gasteiger partial charge >= 0.3 is 0 Å². The van der Waals surface area contributed by atoms with E-state index in [1.165, 1.54) is 35.0 Å². The van der Waals surface area contributed by atoms with Gasteiger partial charge in [0, 0.05) is 43.2 Å². The summed E-state index contributed by atoms with van der Waals surface area (Å²) in [7, 11) is 0. The average molecular weight is 520 g/mol. The molecule has 35 heavy (non-hydrogen) atoms. The van der Waals surface area contributed by atoms with Gasteiger partial charge in [0.2, 0.25) is 11.8 Å². The molecule has 0 aliphatic heterocycles. The van der Waals surface area contributed by atoms with Crippen molar-refractivity contribution >= 4 is 40.6 Å². The molecule has 2 amide bonds. The molecule has 1 atom stereocenters. The van der Waals surface area contributed by atoms with Gasteiger partial charge in [-0.05, 0) is 55.1 Å². The lowest BCUT2D eigenvalue weighted by atomic mass is 9.89. The summed E-state index contributed by atoms with van der Waals surface area (Å²) in [6, 6.07) is 8.54. The molecule has 1 fully saturated rings. The molecule has 1 aromatic carbocycles. The van der Waals surface area contributed by atoms with Crippen LogP contribution in [-0.2, 0) is 15.1 Å². The zero-order valence-electron chi connectivity index (χ0n) is 19.0. The van der Waals surface area contributed by atoms with Crippen molar-refractivity contribution in [3.8, 4) is 10.4 Å². The lowest BCUT2D eigenvalue weighted by Crippen LogP contribution is -2.59. The third kappa shape index (κ3) is 5.33. The molecule has 0 radical (unpaired) electrons. The standard InChI is InChI=1S/C24H24ClF2N5O2S/c1-23(20-15-28-12-13-29-20,22(34)31-17-6-9-24(26,27)10-7-17)32(21(33)14-25)18-4-2-16(3-5-18)19-8-11-30-35-19/h2-5,8,11-13,15,17H,6-7,9-10,14H2,1H3,(H,31,34)/t23-/m0/s1. The van der Waals surface area contributed by atoms with Crippen LogP contribution in [0.4, 0.5) is 14.5 Å². The Morgan fingerprint density at radius 1 is 1.17 bits per heavy atom. The molecule has 1 saturated carbocycles. The fourth-order valence-electron chi connectivity index (χ4n) is 4.24. The number of rotatable bonds is 7. The second kappa shape index (κ2) is 10.3. The molecule has 7 nitrogen and oxygen atoms in total. The van der Waals surface area contributed by atoms with Gasteiger partial charge in [-0.1, -0.05) is 12.1 Å². The van der Waals surface area contributed by atoms with Gasteiger partial charge in [0.05, 0.1) is 16.8 Å². The topological polar surface area (TPSA) is 88.1 Å². The number of benzene rings is 1. The summed E-state index contributed by atoms with van der Waals surface area (Å²) in [5, 5.41) is 2.88. The minimum Gasteiger partial charge on any atom is -0.351 e. The molecule has 11 heteroatoms. The molecule has 1 aliphatic carbocycles. The van der Waals surface area contributed by atoms with Crippen molar-refractivity contribution < 1.29 is 18.4 Å². The van der Waals surface area contributed by atoms with E-state index in [4.69, 9.17) is 11.6 Å². The maximum Gasteiger partial charge on any atom is 0.252 e. The highest BCUT2D eigenvalue weighted by molar-refractivity contribution is 7.09. The first-order chi connectivity index (χ1) is 16.7. The molecule has 184 valence electrons. The highest BCUT2D eigenvalue weighted by atomic mass is 35.5. The number of nitrogens with zero attached hydrogens (tertiary/aromatic N) is 4. The number of nitrogens with one attached hydrogen (secondary N) is 1. The van der Waals surface area contributed by atoms with Gasteiger partial charge in [-0.15, -0.1) is 11.6 Å². The lowest BCUT2D eigenvalue weighted by molar-refractivity contribution is -0.131. The largest absolute Gasteiger partial charge is 0.351 e. The minimum absolute atomic E-state index is 0.141. The second-order valence-corrected chi connectivity index (χ2v) is 9.65. The fraction of sp³-hybridized carbons (Fsp3) is 0.375. The van der Waals surface area contributed by atoms with E-state index in [0.717, 1.165) is 10.4 Å². The second-order valence-electron chi connectivity index (χ2n) is 8.55. The highest BCUT2D eigenvalue weighted by Crippen LogP contribution is 2.37. The summed E-state index contributed by atoms with van der Waals surface area (Å²) in [6.45, 7) is 1.56. The zero-order chi connectivity index (χ0) is 25.1. The number of aromatic nitrogens is 3. The lowest BCUT2D eigenvalue weighted by Gasteiger charge is -2.40. The molecule has 1 N–H and O–H groups in total. The molecular weight excluding hydrogens is 496 g/mol. The van der Waals surface area contributed by atoms with Gasteiger partial charge in [-0.25, -0.2) is 13.2 Å². The highest BCUT2D eigenvalue weighted by Gasteiger charge is 2.47. The van der Waals surface area contributed by atoms with Crippen LogP contribution in [0.5, 0.6) is 0 Å². The predicted molar refractivity (Wildman–Crippen MR) is 130 cm³/mol. The fourth-order valence-corrected chi connectivity index (χ4v) is 4.96. The van der Waals surface area contributed by atoms with Gasteiger partial charge < -0.3 is 5.32 Å². The number of halogens is 3. The predicted octanol–water partition coefficient (Wildman–Crippen LogP) is 4.78. The summed E-state index contributed by atoms with van der Waals surface area (Å²) in [5.74, 6) is -4.17. The van der Waals surface area contributed by atoms with Crippen molar-refractivity contribution in [1.29, 1.82) is 0 Å². The Balaban J connectivity index is 1.72. The van der Waals surface area contributed by atoms with Gasteiger partial charge in [-0.3, -0.25) is 24.5 Å². The number of hydrogen-bond acceptors (Lipinski definition) is 6. The molecule has 0 saturated heterocycles. The molecule has 4 rings (SSSR count). The number of carbonyl (C=O) groups excluding carboxylic acids is 2. The van der Waals surface area contributed by atoms with E-state index >= 15 is 0 Å². The van der Waals surface area contributed by atoms with E-state index < -0.39 is 29.3 Å². The van der Waals surface area contributed by atoms with Crippen LogP contribution in [0.3, 0.4) is 0 Å².